The van der Waals surface area contributed by atoms with E-state index in [4.69, 9.17) is 0 Å². The van der Waals surface area contributed by atoms with E-state index >= 15 is 0 Å². The summed E-state index contributed by atoms with van der Waals surface area (Å²) in [5.41, 5.74) is 1.12. The lowest BCUT2D eigenvalue weighted by atomic mass is 9.63. The van der Waals surface area contributed by atoms with E-state index in [9.17, 15) is 24.5 Å². The second kappa shape index (κ2) is 7.62. The van der Waals surface area contributed by atoms with Crippen molar-refractivity contribution in [2.75, 3.05) is 5.32 Å². The number of nitro groups is 1. The zero-order valence-corrected chi connectivity index (χ0v) is 18.2. The summed E-state index contributed by atoms with van der Waals surface area (Å²) < 4.78 is 0. The maximum Gasteiger partial charge on any atom is 0.269 e. The Bertz CT molecular complexity index is 1190. The molecule has 0 unspecified atom stereocenters. The molecule has 8 nitrogen and oxygen atoms in total. The predicted octanol–water partition coefficient (Wildman–Crippen LogP) is 3.20. The highest BCUT2D eigenvalue weighted by Gasteiger charge is 2.67. The van der Waals surface area contributed by atoms with E-state index in [1.165, 1.54) is 29.2 Å². The minimum Gasteiger partial charge on any atom is -0.324 e. The number of nitrogens with one attached hydrogen (secondary N) is 1. The summed E-state index contributed by atoms with van der Waals surface area (Å²) in [5, 5.41) is 13.7. The van der Waals surface area contributed by atoms with Crippen LogP contribution in [-0.4, -0.2) is 33.6 Å². The van der Waals surface area contributed by atoms with Crippen molar-refractivity contribution in [3.05, 3.63) is 82.4 Å². The predicted molar refractivity (Wildman–Crippen MR) is 122 cm³/mol. The van der Waals surface area contributed by atoms with E-state index in [1.807, 2.05) is 30.3 Å². The van der Waals surface area contributed by atoms with Crippen LogP contribution in [0.2, 0.25) is 0 Å². The molecule has 2 saturated carbocycles. The molecular formula is C26H23N3O5. The van der Waals surface area contributed by atoms with Gasteiger partial charge >= 0.3 is 0 Å². The van der Waals surface area contributed by atoms with Crippen molar-refractivity contribution in [1.29, 1.82) is 0 Å². The normalized spacial score (nSPS) is 31.1. The van der Waals surface area contributed by atoms with Crippen LogP contribution in [-0.2, 0) is 20.8 Å². The fourth-order valence-electron chi connectivity index (χ4n) is 6.32. The molecule has 1 N–H and O–H groups in total. The van der Waals surface area contributed by atoms with E-state index in [0.29, 0.717) is 17.5 Å². The largest absolute Gasteiger partial charge is 0.324 e. The van der Waals surface area contributed by atoms with Crippen molar-refractivity contribution in [2.45, 2.75) is 18.9 Å². The summed E-state index contributed by atoms with van der Waals surface area (Å²) in [7, 11) is 0. The molecule has 3 fully saturated rings. The molecule has 0 radical (unpaired) electrons. The maximum atomic E-state index is 13.6. The number of carbonyl (C=O) groups is 3. The van der Waals surface area contributed by atoms with Crippen molar-refractivity contribution >= 4 is 29.1 Å². The highest BCUT2D eigenvalue weighted by atomic mass is 16.6. The molecule has 8 heteroatoms. The molecule has 2 aromatic rings. The summed E-state index contributed by atoms with van der Waals surface area (Å²) in [6, 6.07) is 13.8. The third-order valence-electron chi connectivity index (χ3n) is 7.93. The molecule has 0 spiro atoms. The minimum absolute atomic E-state index is 0.0801. The van der Waals surface area contributed by atoms with Crippen LogP contribution in [0.1, 0.15) is 12.0 Å². The number of amides is 3. The Morgan fingerprint density at radius 3 is 2.12 bits per heavy atom. The summed E-state index contributed by atoms with van der Waals surface area (Å²) in [6.45, 7) is 0. The third-order valence-corrected chi connectivity index (χ3v) is 7.93. The van der Waals surface area contributed by atoms with Gasteiger partial charge in [0.25, 0.3) is 5.69 Å². The summed E-state index contributed by atoms with van der Waals surface area (Å²) in [6.07, 6.45) is 5.49. The fourth-order valence-corrected chi connectivity index (χ4v) is 6.32. The van der Waals surface area contributed by atoms with Gasteiger partial charge in [0, 0.05) is 24.2 Å². The number of hydrogen-bond donors (Lipinski definition) is 1. The first kappa shape index (κ1) is 20.8. The lowest BCUT2D eigenvalue weighted by molar-refractivity contribution is -0.384. The summed E-state index contributed by atoms with van der Waals surface area (Å²) in [5.74, 6) is -0.618. The Balaban J connectivity index is 1.30. The molecular weight excluding hydrogens is 434 g/mol. The molecule has 7 rings (SSSR count). The average molecular weight is 457 g/mol. The molecule has 1 saturated heterocycles. The SMILES string of the molecule is O=C(Nc1ccc([N+](=O)[O-])cc1)[C@H](Cc1ccccc1)N1C(=O)[C@@H]2[C@H]3C=C[C@@H]([C@@H]4C[C@@H]34)[C@H]2C1=O. The molecule has 2 bridgehead atoms. The molecule has 3 amide bonds. The van der Waals surface area contributed by atoms with Gasteiger partial charge in [0.1, 0.15) is 6.04 Å². The van der Waals surface area contributed by atoms with E-state index in [2.05, 4.69) is 17.5 Å². The van der Waals surface area contributed by atoms with Gasteiger partial charge in [-0.1, -0.05) is 42.5 Å². The van der Waals surface area contributed by atoms with Gasteiger partial charge in [-0.3, -0.25) is 29.4 Å². The van der Waals surface area contributed by atoms with E-state index in [0.717, 1.165) is 12.0 Å². The number of likely N-dealkylation sites (tertiary alicyclic amines) is 1. The minimum atomic E-state index is -1.00. The van der Waals surface area contributed by atoms with Gasteiger partial charge < -0.3 is 5.32 Å². The lowest BCUT2D eigenvalue weighted by Crippen LogP contribution is -2.49. The number of allylic oxidation sites excluding steroid dienone is 2. The lowest BCUT2D eigenvalue weighted by Gasteiger charge is -2.37. The van der Waals surface area contributed by atoms with Crippen LogP contribution in [0, 0.1) is 45.6 Å². The quantitative estimate of drug-likeness (QED) is 0.310. The second-order valence-electron chi connectivity index (χ2n) is 9.70. The first-order chi connectivity index (χ1) is 16.4. The highest BCUT2D eigenvalue weighted by Crippen LogP contribution is 2.65. The van der Waals surface area contributed by atoms with Crippen LogP contribution in [0.4, 0.5) is 11.4 Å². The fraction of sp³-hybridized carbons (Fsp3) is 0.346. The molecule has 5 aliphatic rings. The van der Waals surface area contributed by atoms with Gasteiger partial charge in [-0.2, -0.15) is 0 Å². The monoisotopic (exact) mass is 457 g/mol. The number of nitrogens with zero attached hydrogens (tertiary/aromatic N) is 2. The first-order valence-electron chi connectivity index (χ1n) is 11.6. The number of nitro benzene ring substituents is 1. The smallest absolute Gasteiger partial charge is 0.269 e. The molecule has 172 valence electrons. The highest BCUT2D eigenvalue weighted by molar-refractivity contribution is 6.10. The van der Waals surface area contributed by atoms with E-state index < -0.39 is 16.9 Å². The Morgan fingerprint density at radius 2 is 1.56 bits per heavy atom. The third kappa shape index (κ3) is 3.16. The van der Waals surface area contributed by atoms with Crippen LogP contribution in [0.15, 0.2) is 66.7 Å². The van der Waals surface area contributed by atoms with Crippen LogP contribution in [0.25, 0.3) is 0 Å². The standard InChI is InChI=1S/C26H23N3O5/c30-24(27-15-6-8-16(9-7-15)29(33)34)21(12-14-4-2-1-3-5-14)28-25(31)22-17-10-11-18(20-13-19(17)20)23(22)26(28)32/h1-11,17-23H,12-13H2,(H,27,30)/t17-,18-,19-,20-,21-,22+,23+/m0/s1. The van der Waals surface area contributed by atoms with Crippen molar-refractivity contribution in [2.24, 2.45) is 35.5 Å². The Kier molecular flexibility index (Phi) is 4.65. The molecule has 1 heterocycles. The van der Waals surface area contributed by atoms with Crippen molar-refractivity contribution in [3.63, 3.8) is 0 Å². The Morgan fingerprint density at radius 1 is 0.971 bits per heavy atom. The van der Waals surface area contributed by atoms with Gasteiger partial charge in [-0.25, -0.2) is 0 Å². The van der Waals surface area contributed by atoms with Crippen molar-refractivity contribution < 1.29 is 19.3 Å². The van der Waals surface area contributed by atoms with Crippen LogP contribution >= 0.6 is 0 Å². The van der Waals surface area contributed by atoms with Crippen LogP contribution < -0.4 is 5.32 Å². The average Bonchev–Trinajstić information content (AvgIpc) is 3.62. The van der Waals surface area contributed by atoms with E-state index in [1.54, 1.807) is 0 Å². The molecule has 2 aromatic carbocycles. The van der Waals surface area contributed by atoms with Gasteiger partial charge in [0.2, 0.25) is 17.7 Å². The Labute approximate surface area is 195 Å². The zero-order valence-electron chi connectivity index (χ0n) is 18.2. The van der Waals surface area contributed by atoms with Crippen LogP contribution in [0.3, 0.4) is 0 Å². The summed E-state index contributed by atoms with van der Waals surface area (Å²) >= 11 is 0. The summed E-state index contributed by atoms with van der Waals surface area (Å²) in [4.78, 5) is 52.3. The van der Waals surface area contributed by atoms with E-state index in [-0.39, 0.29) is 47.6 Å². The van der Waals surface area contributed by atoms with Gasteiger partial charge in [-0.15, -0.1) is 0 Å². The van der Waals surface area contributed by atoms with Gasteiger partial charge in [0.15, 0.2) is 0 Å². The number of rotatable bonds is 6. The molecule has 34 heavy (non-hydrogen) atoms. The second-order valence-corrected chi connectivity index (χ2v) is 9.70. The van der Waals surface area contributed by atoms with Gasteiger partial charge in [0.05, 0.1) is 16.8 Å². The van der Waals surface area contributed by atoms with Crippen molar-refractivity contribution in [1.82, 2.24) is 4.90 Å². The molecule has 0 aromatic heterocycles. The topological polar surface area (TPSA) is 110 Å². The van der Waals surface area contributed by atoms with Crippen LogP contribution in [0.5, 0.6) is 0 Å². The number of anilines is 1. The Hall–Kier alpha value is -3.81. The number of imide groups is 1. The zero-order chi connectivity index (χ0) is 23.6. The number of carbonyl (C=O) groups excluding carboxylic acids is 3. The molecule has 1 aliphatic heterocycles. The van der Waals surface area contributed by atoms with Gasteiger partial charge in [-0.05, 0) is 47.8 Å². The number of hydrogen-bond acceptors (Lipinski definition) is 5. The first-order valence-corrected chi connectivity index (χ1v) is 11.6. The molecule has 4 aliphatic carbocycles. The van der Waals surface area contributed by atoms with Crippen molar-refractivity contribution in [3.8, 4) is 0 Å². The molecule has 7 atom stereocenters. The maximum absolute atomic E-state index is 13.6. The number of non-ortho nitro benzene ring substituents is 1. The number of benzene rings is 2.